The van der Waals surface area contributed by atoms with Crippen LogP contribution in [0, 0.1) is 0 Å². The molecule has 0 bridgehead atoms. The topological polar surface area (TPSA) is 134 Å². The van der Waals surface area contributed by atoms with Crippen molar-refractivity contribution in [3.8, 4) is 17.2 Å². The number of rotatable bonds is 5. The van der Waals surface area contributed by atoms with E-state index in [1.165, 1.54) is 25.1 Å². The summed E-state index contributed by atoms with van der Waals surface area (Å²) >= 11 is 0. The molecule has 0 radical (unpaired) electrons. The van der Waals surface area contributed by atoms with Gasteiger partial charge in [0.25, 0.3) is 5.91 Å². The summed E-state index contributed by atoms with van der Waals surface area (Å²) in [5, 5.41) is 6.33. The van der Waals surface area contributed by atoms with E-state index >= 15 is 0 Å². The summed E-state index contributed by atoms with van der Waals surface area (Å²) in [6.45, 7) is 0. The van der Waals surface area contributed by atoms with Crippen LogP contribution in [0.5, 0.6) is 11.5 Å². The highest BCUT2D eigenvalue weighted by Crippen LogP contribution is 2.29. The average Bonchev–Trinajstić information content (AvgIpc) is 2.89. The highest BCUT2D eigenvalue weighted by Gasteiger charge is 2.17. The monoisotopic (exact) mass is 305 g/mol. The molecule has 3 amide bonds. The van der Waals surface area contributed by atoms with Crippen LogP contribution in [0.1, 0.15) is 10.5 Å². The number of carbonyl (C=O) groups excluding carboxylic acids is 2. The number of nitrogens with two attached hydrogens (primary N) is 2. The molecule has 5 N–H and O–H groups in total. The van der Waals surface area contributed by atoms with E-state index in [1.54, 1.807) is 18.2 Å². The predicted octanol–water partition coefficient (Wildman–Crippen LogP) is 0.479. The predicted molar refractivity (Wildman–Crippen MR) is 78.4 cm³/mol. The number of carbonyl (C=O) groups is 2. The van der Waals surface area contributed by atoms with Crippen LogP contribution in [0.15, 0.2) is 24.4 Å². The Morgan fingerprint density at radius 3 is 2.41 bits per heavy atom. The van der Waals surface area contributed by atoms with Gasteiger partial charge in [-0.25, -0.2) is 9.48 Å². The van der Waals surface area contributed by atoms with Crippen molar-refractivity contribution in [1.82, 2.24) is 9.78 Å². The summed E-state index contributed by atoms with van der Waals surface area (Å²) in [7, 11) is 3.02. The van der Waals surface area contributed by atoms with Crippen molar-refractivity contribution in [1.29, 1.82) is 0 Å². The third-order valence-corrected chi connectivity index (χ3v) is 2.84. The van der Waals surface area contributed by atoms with E-state index in [9.17, 15) is 9.59 Å². The van der Waals surface area contributed by atoms with Crippen LogP contribution >= 0.6 is 0 Å². The number of nitrogens with one attached hydrogen (secondary N) is 1. The number of hydrogen-bond donors (Lipinski definition) is 3. The van der Waals surface area contributed by atoms with E-state index in [1.807, 2.05) is 0 Å². The number of aromatic nitrogens is 2. The first-order chi connectivity index (χ1) is 10.5. The summed E-state index contributed by atoms with van der Waals surface area (Å²) in [6, 6.07) is 4.22. The minimum Gasteiger partial charge on any atom is -0.493 e. The fraction of sp³-hybridized carbons (Fsp3) is 0.154. The van der Waals surface area contributed by atoms with Crippen LogP contribution in [0.2, 0.25) is 0 Å². The number of urea groups is 1. The Morgan fingerprint density at radius 1 is 1.18 bits per heavy atom. The standard InChI is InChI=1S/C13H15N5O4/c1-21-9-4-3-7(5-10(9)22-2)18-6-8(16-13(15)20)11(17-18)12(14)19/h3-6H,1-2H3,(H2,14,19)(H3,15,16,20). The zero-order chi connectivity index (χ0) is 16.3. The number of hydrogen-bond acceptors (Lipinski definition) is 5. The van der Waals surface area contributed by atoms with Crippen LogP contribution in [0.25, 0.3) is 5.69 Å². The van der Waals surface area contributed by atoms with Crippen molar-refractivity contribution in [2.75, 3.05) is 19.5 Å². The molecule has 0 saturated carbocycles. The number of nitrogens with zero attached hydrogens (tertiary/aromatic N) is 2. The second kappa shape index (κ2) is 6.04. The molecule has 22 heavy (non-hydrogen) atoms. The number of ether oxygens (including phenoxy) is 2. The maximum atomic E-state index is 11.4. The number of primary amides is 2. The first-order valence-corrected chi connectivity index (χ1v) is 6.14. The maximum Gasteiger partial charge on any atom is 0.316 e. The van der Waals surface area contributed by atoms with E-state index in [-0.39, 0.29) is 11.4 Å². The normalized spacial score (nSPS) is 10.1. The van der Waals surface area contributed by atoms with Crippen LogP contribution in [-0.4, -0.2) is 35.9 Å². The Morgan fingerprint density at radius 2 is 1.86 bits per heavy atom. The number of methoxy groups -OCH3 is 2. The summed E-state index contributed by atoms with van der Waals surface area (Å²) in [5.41, 5.74) is 10.9. The van der Waals surface area contributed by atoms with E-state index in [0.29, 0.717) is 17.2 Å². The lowest BCUT2D eigenvalue weighted by Gasteiger charge is -2.09. The molecule has 1 aromatic heterocycles. The zero-order valence-corrected chi connectivity index (χ0v) is 12.0. The lowest BCUT2D eigenvalue weighted by Crippen LogP contribution is -2.22. The van der Waals surface area contributed by atoms with Crippen LogP contribution in [-0.2, 0) is 0 Å². The molecule has 116 valence electrons. The molecule has 9 nitrogen and oxygen atoms in total. The summed E-state index contributed by atoms with van der Waals surface area (Å²) in [6.07, 6.45) is 1.42. The molecule has 0 saturated heterocycles. The molecule has 0 atom stereocenters. The fourth-order valence-electron chi connectivity index (χ4n) is 1.88. The van der Waals surface area contributed by atoms with Gasteiger partial charge in [0.15, 0.2) is 17.2 Å². The van der Waals surface area contributed by atoms with Crippen LogP contribution in [0.4, 0.5) is 10.5 Å². The van der Waals surface area contributed by atoms with Gasteiger partial charge in [-0.2, -0.15) is 5.10 Å². The van der Waals surface area contributed by atoms with Crippen molar-refractivity contribution in [2.24, 2.45) is 11.5 Å². The molecule has 2 rings (SSSR count). The molecule has 1 aromatic carbocycles. The molecule has 0 fully saturated rings. The molecule has 9 heteroatoms. The lowest BCUT2D eigenvalue weighted by atomic mass is 10.3. The van der Waals surface area contributed by atoms with Crippen molar-refractivity contribution >= 4 is 17.6 Å². The number of amides is 3. The summed E-state index contributed by atoms with van der Waals surface area (Å²) in [4.78, 5) is 22.3. The van der Waals surface area contributed by atoms with Gasteiger partial charge < -0.3 is 26.3 Å². The number of anilines is 1. The van der Waals surface area contributed by atoms with Gasteiger partial charge in [0.2, 0.25) is 0 Å². The van der Waals surface area contributed by atoms with Crippen molar-refractivity contribution < 1.29 is 19.1 Å². The second-order valence-electron chi connectivity index (χ2n) is 4.23. The Labute approximate surface area is 125 Å². The van der Waals surface area contributed by atoms with Gasteiger partial charge in [0.05, 0.1) is 31.8 Å². The largest absolute Gasteiger partial charge is 0.493 e. The summed E-state index contributed by atoms with van der Waals surface area (Å²) in [5.74, 6) is 0.243. The van der Waals surface area contributed by atoms with Gasteiger partial charge >= 0.3 is 6.03 Å². The van der Waals surface area contributed by atoms with E-state index in [2.05, 4.69) is 10.4 Å². The van der Waals surface area contributed by atoms with Crippen molar-refractivity contribution in [3.63, 3.8) is 0 Å². The van der Waals surface area contributed by atoms with Gasteiger partial charge in [-0.05, 0) is 12.1 Å². The van der Waals surface area contributed by atoms with Crippen LogP contribution < -0.4 is 26.3 Å². The molecule has 0 aliphatic rings. The quantitative estimate of drug-likeness (QED) is 0.738. The van der Waals surface area contributed by atoms with E-state index in [0.717, 1.165) is 0 Å². The molecule has 2 aromatic rings. The first kappa shape index (κ1) is 15.2. The molecule has 0 aliphatic heterocycles. The van der Waals surface area contributed by atoms with Gasteiger partial charge in [-0.3, -0.25) is 4.79 Å². The van der Waals surface area contributed by atoms with Gasteiger partial charge in [0.1, 0.15) is 0 Å². The molecular formula is C13H15N5O4. The highest BCUT2D eigenvalue weighted by atomic mass is 16.5. The molecule has 0 spiro atoms. The van der Waals surface area contributed by atoms with Gasteiger partial charge in [-0.15, -0.1) is 0 Å². The minimum absolute atomic E-state index is 0.103. The second-order valence-corrected chi connectivity index (χ2v) is 4.23. The first-order valence-electron chi connectivity index (χ1n) is 6.14. The smallest absolute Gasteiger partial charge is 0.316 e. The highest BCUT2D eigenvalue weighted by molar-refractivity contribution is 6.00. The SMILES string of the molecule is COc1ccc(-n2cc(NC(N)=O)c(C(N)=O)n2)cc1OC. The Kier molecular flexibility index (Phi) is 4.16. The fourth-order valence-corrected chi connectivity index (χ4v) is 1.88. The van der Waals surface area contributed by atoms with Crippen LogP contribution in [0.3, 0.4) is 0 Å². The van der Waals surface area contributed by atoms with Gasteiger partial charge in [-0.1, -0.05) is 0 Å². The molecule has 1 heterocycles. The van der Waals surface area contributed by atoms with Gasteiger partial charge in [0, 0.05) is 6.07 Å². The molecular weight excluding hydrogens is 290 g/mol. The van der Waals surface area contributed by atoms with Crippen molar-refractivity contribution in [2.45, 2.75) is 0 Å². The maximum absolute atomic E-state index is 11.4. The third kappa shape index (κ3) is 2.92. The Balaban J connectivity index is 2.48. The Hall–Kier alpha value is -3.23. The average molecular weight is 305 g/mol. The zero-order valence-electron chi connectivity index (χ0n) is 12.0. The van der Waals surface area contributed by atoms with E-state index in [4.69, 9.17) is 20.9 Å². The third-order valence-electron chi connectivity index (χ3n) is 2.84. The number of benzene rings is 1. The minimum atomic E-state index is -0.825. The van der Waals surface area contributed by atoms with Crippen molar-refractivity contribution in [3.05, 3.63) is 30.1 Å². The van der Waals surface area contributed by atoms with E-state index < -0.39 is 11.9 Å². The molecule has 0 aliphatic carbocycles. The Bertz CT molecular complexity index is 725. The summed E-state index contributed by atoms with van der Waals surface area (Å²) < 4.78 is 11.7. The lowest BCUT2D eigenvalue weighted by molar-refractivity contribution is 0.0996. The molecule has 0 unspecified atom stereocenters.